The number of amides is 1. The molecule has 0 aliphatic carbocycles. The fraction of sp³-hybridized carbons (Fsp3) is 0.205. The normalized spacial score (nSPS) is 14.2. The van der Waals surface area contributed by atoms with E-state index in [0.717, 1.165) is 27.8 Å². The van der Waals surface area contributed by atoms with Gasteiger partial charge in [0.1, 0.15) is 12.4 Å². The predicted molar refractivity (Wildman–Crippen MR) is 200 cm³/mol. The summed E-state index contributed by atoms with van der Waals surface area (Å²) in [5.41, 5.74) is 5.64. The van der Waals surface area contributed by atoms with E-state index in [-0.39, 0.29) is 18.1 Å². The van der Waals surface area contributed by atoms with Gasteiger partial charge in [-0.15, -0.1) is 0 Å². The third kappa shape index (κ3) is 7.35. The highest BCUT2D eigenvalue weighted by molar-refractivity contribution is 7.07. The van der Waals surface area contributed by atoms with Crippen LogP contribution in [0.25, 0.3) is 6.08 Å². The Morgan fingerprint density at radius 3 is 2.44 bits per heavy atom. The number of benzene rings is 4. The molecule has 50 heavy (non-hydrogen) atoms. The number of ether oxygens (including phenoxy) is 3. The maximum atomic E-state index is 14.3. The van der Waals surface area contributed by atoms with Crippen molar-refractivity contribution in [2.45, 2.75) is 40.3 Å². The Labute approximate surface area is 303 Å². The number of allylic oxidation sites excluding steroid dienone is 1. The number of thiazole rings is 1. The summed E-state index contributed by atoms with van der Waals surface area (Å²) in [6.07, 6.45) is 1.80. The van der Waals surface area contributed by atoms with Crippen LogP contribution in [0.4, 0.5) is 5.69 Å². The Bertz CT molecular complexity index is 2310. The highest BCUT2D eigenvalue weighted by Gasteiger charge is 2.32. The topological polar surface area (TPSA) is 91.2 Å². The molecule has 1 aliphatic heterocycles. The molecule has 0 unspecified atom stereocenters. The average molecular weight is 729 g/mol. The van der Waals surface area contributed by atoms with Crippen molar-refractivity contribution in [3.63, 3.8) is 0 Å². The molecule has 11 heteroatoms. The second-order valence-corrected chi connectivity index (χ2v) is 13.6. The molecule has 1 atom stereocenters. The number of aromatic nitrogens is 1. The zero-order valence-corrected chi connectivity index (χ0v) is 30.5. The lowest BCUT2D eigenvalue weighted by Crippen LogP contribution is -2.40. The summed E-state index contributed by atoms with van der Waals surface area (Å²) < 4.78 is 19.4. The quantitative estimate of drug-likeness (QED) is 0.159. The van der Waals surface area contributed by atoms with Crippen molar-refractivity contribution >= 4 is 52.2 Å². The summed E-state index contributed by atoms with van der Waals surface area (Å²) in [7, 11) is 1.59. The Morgan fingerprint density at radius 2 is 1.74 bits per heavy atom. The molecule has 1 aliphatic rings. The standard InChI is InChI=1S/C39H35Cl2N3O5S/c1-6-48-33-18-25(8-16-32(33)49-21-27-9-12-28(40)20-30(27)41)19-34-38(46)44-36(26-10-13-29(47-5)14-11-26)35(24(4)42-39(44)50-34)37(45)43-31-15-7-22(2)17-23(31)3/h7-20,36H,6,21H2,1-5H3,(H,43,45)/b34-19+/t36-/m0/s1. The molecular formula is C39H35Cl2N3O5S. The number of hydrogen-bond donors (Lipinski definition) is 1. The number of aryl methyl sites for hydroxylation is 2. The number of fused-ring (bicyclic) bond motifs is 1. The van der Waals surface area contributed by atoms with E-state index in [1.54, 1.807) is 42.9 Å². The first-order valence-corrected chi connectivity index (χ1v) is 17.5. The molecule has 0 bridgehead atoms. The Hall–Kier alpha value is -4.83. The lowest BCUT2D eigenvalue weighted by Gasteiger charge is -2.25. The summed E-state index contributed by atoms with van der Waals surface area (Å²) in [6, 6.07) is 23.2. The van der Waals surface area contributed by atoms with Crippen LogP contribution in [-0.4, -0.2) is 24.2 Å². The zero-order valence-electron chi connectivity index (χ0n) is 28.2. The summed E-state index contributed by atoms with van der Waals surface area (Å²) in [4.78, 5) is 33.6. The number of hydrogen-bond acceptors (Lipinski definition) is 7. The van der Waals surface area contributed by atoms with Gasteiger partial charge in [0.2, 0.25) is 0 Å². The van der Waals surface area contributed by atoms with Gasteiger partial charge >= 0.3 is 0 Å². The summed E-state index contributed by atoms with van der Waals surface area (Å²) in [5.74, 6) is 1.39. The highest BCUT2D eigenvalue weighted by atomic mass is 35.5. The minimum Gasteiger partial charge on any atom is -0.497 e. The van der Waals surface area contributed by atoms with Crippen LogP contribution in [0.15, 0.2) is 99.9 Å². The second-order valence-electron chi connectivity index (χ2n) is 11.8. The van der Waals surface area contributed by atoms with Gasteiger partial charge in [0.25, 0.3) is 11.5 Å². The number of carbonyl (C=O) groups excluding carboxylic acids is 1. The number of nitrogens with one attached hydrogen (secondary N) is 1. The summed E-state index contributed by atoms with van der Waals surface area (Å²) in [5, 5.41) is 4.12. The van der Waals surface area contributed by atoms with E-state index in [2.05, 4.69) is 5.32 Å². The van der Waals surface area contributed by atoms with Crippen molar-refractivity contribution in [3.8, 4) is 17.2 Å². The van der Waals surface area contributed by atoms with Crippen LogP contribution in [0.3, 0.4) is 0 Å². The zero-order chi connectivity index (χ0) is 35.5. The third-order valence-corrected chi connectivity index (χ3v) is 9.86. The largest absolute Gasteiger partial charge is 0.497 e. The minimum absolute atomic E-state index is 0.220. The molecule has 4 aromatic carbocycles. The predicted octanol–water partition coefficient (Wildman–Crippen LogP) is 7.78. The first-order chi connectivity index (χ1) is 24.1. The maximum absolute atomic E-state index is 14.3. The fourth-order valence-corrected chi connectivity index (χ4v) is 7.31. The van der Waals surface area contributed by atoms with Gasteiger partial charge in [0.05, 0.1) is 35.6 Å². The van der Waals surface area contributed by atoms with E-state index < -0.39 is 6.04 Å². The third-order valence-electron chi connectivity index (χ3n) is 8.29. The number of carbonyl (C=O) groups is 1. The van der Waals surface area contributed by atoms with Crippen LogP contribution >= 0.6 is 34.5 Å². The van der Waals surface area contributed by atoms with E-state index in [4.69, 9.17) is 42.4 Å². The van der Waals surface area contributed by atoms with E-state index >= 15 is 0 Å². The van der Waals surface area contributed by atoms with Gasteiger partial charge in [-0.05, 0) is 92.9 Å². The number of methoxy groups -OCH3 is 1. The molecule has 0 spiro atoms. The SMILES string of the molecule is CCOc1cc(/C=c2/sc3n(c2=O)[C@@H](c2ccc(OC)cc2)C(C(=O)Nc2ccc(C)cc2C)=C(C)N=3)ccc1OCc1ccc(Cl)cc1Cl. The molecular weight excluding hydrogens is 693 g/mol. The molecule has 0 radical (unpaired) electrons. The van der Waals surface area contributed by atoms with Crippen LogP contribution in [0, 0.1) is 13.8 Å². The van der Waals surface area contributed by atoms with Crippen molar-refractivity contribution in [1.29, 1.82) is 0 Å². The van der Waals surface area contributed by atoms with Gasteiger partial charge in [-0.1, -0.05) is 76.5 Å². The molecule has 1 amide bonds. The smallest absolute Gasteiger partial charge is 0.271 e. The van der Waals surface area contributed by atoms with Crippen molar-refractivity contribution in [2.24, 2.45) is 4.99 Å². The fourth-order valence-electron chi connectivity index (χ4n) is 5.80. The molecule has 2 heterocycles. The van der Waals surface area contributed by atoms with Crippen LogP contribution in [0.1, 0.15) is 47.7 Å². The molecule has 5 aromatic rings. The van der Waals surface area contributed by atoms with E-state index in [1.807, 2.05) is 81.4 Å². The minimum atomic E-state index is -0.723. The lowest BCUT2D eigenvalue weighted by atomic mass is 9.95. The maximum Gasteiger partial charge on any atom is 0.271 e. The monoisotopic (exact) mass is 727 g/mol. The number of anilines is 1. The molecule has 1 aromatic heterocycles. The van der Waals surface area contributed by atoms with Crippen molar-refractivity contribution in [2.75, 3.05) is 19.0 Å². The van der Waals surface area contributed by atoms with Gasteiger partial charge in [-0.2, -0.15) is 0 Å². The molecule has 1 N–H and O–H groups in total. The molecule has 0 fully saturated rings. The highest BCUT2D eigenvalue weighted by Crippen LogP contribution is 2.33. The molecule has 256 valence electrons. The number of rotatable bonds is 10. The van der Waals surface area contributed by atoms with Crippen molar-refractivity contribution < 1.29 is 19.0 Å². The lowest BCUT2D eigenvalue weighted by molar-refractivity contribution is -0.113. The van der Waals surface area contributed by atoms with Crippen LogP contribution in [0.5, 0.6) is 17.2 Å². The summed E-state index contributed by atoms with van der Waals surface area (Å²) in [6.45, 7) is 8.28. The van der Waals surface area contributed by atoms with Crippen LogP contribution in [0.2, 0.25) is 10.0 Å². The van der Waals surface area contributed by atoms with E-state index in [0.29, 0.717) is 60.2 Å². The number of nitrogens with zero attached hydrogens (tertiary/aromatic N) is 2. The molecule has 0 saturated heterocycles. The van der Waals surface area contributed by atoms with Gasteiger partial charge in [0, 0.05) is 21.3 Å². The van der Waals surface area contributed by atoms with Gasteiger partial charge < -0.3 is 19.5 Å². The van der Waals surface area contributed by atoms with Crippen LogP contribution < -0.4 is 34.4 Å². The molecule has 8 nitrogen and oxygen atoms in total. The number of halogens is 2. The van der Waals surface area contributed by atoms with Gasteiger partial charge in [0.15, 0.2) is 16.3 Å². The van der Waals surface area contributed by atoms with Crippen molar-refractivity contribution in [1.82, 2.24) is 4.57 Å². The van der Waals surface area contributed by atoms with E-state index in [1.165, 1.54) is 11.3 Å². The van der Waals surface area contributed by atoms with Gasteiger partial charge in [-0.3, -0.25) is 14.2 Å². The second kappa shape index (κ2) is 15.0. The van der Waals surface area contributed by atoms with Gasteiger partial charge in [-0.25, -0.2) is 4.99 Å². The Morgan fingerprint density at radius 1 is 0.960 bits per heavy atom. The first kappa shape index (κ1) is 35.0. The van der Waals surface area contributed by atoms with E-state index in [9.17, 15) is 9.59 Å². The van der Waals surface area contributed by atoms with Crippen LogP contribution in [-0.2, 0) is 11.4 Å². The summed E-state index contributed by atoms with van der Waals surface area (Å²) >= 11 is 13.7. The molecule has 0 saturated carbocycles. The molecule has 6 rings (SSSR count). The first-order valence-electron chi connectivity index (χ1n) is 15.9. The Balaban J connectivity index is 1.39. The average Bonchev–Trinajstić information content (AvgIpc) is 3.39. The van der Waals surface area contributed by atoms with Crippen molar-refractivity contribution in [3.05, 3.63) is 148 Å². The Kier molecular flexibility index (Phi) is 10.5.